The first-order chi connectivity index (χ1) is 10.9. The maximum Gasteiger partial charge on any atom is 0.221 e. The molecule has 23 heavy (non-hydrogen) atoms. The third kappa shape index (κ3) is 4.46. The Balaban J connectivity index is 2.02. The molecule has 1 aliphatic heterocycles. The second-order valence-corrected chi connectivity index (χ2v) is 8.69. The number of nitrogens with one attached hydrogen (secondary N) is 1. The second-order valence-electron chi connectivity index (χ2n) is 6.38. The molecule has 1 aromatic rings. The lowest BCUT2D eigenvalue weighted by atomic mass is 10.0. The Morgan fingerprint density at radius 2 is 2.00 bits per heavy atom. The minimum atomic E-state index is -3.42. The number of hydrogen-bond donors (Lipinski definition) is 1. The van der Waals surface area contributed by atoms with Crippen molar-refractivity contribution in [2.24, 2.45) is 0 Å². The quantitative estimate of drug-likeness (QED) is 0.790. The normalized spacial score (nSPS) is 19.0. The van der Waals surface area contributed by atoms with Crippen LogP contribution in [-0.4, -0.2) is 34.3 Å². The Hall–Kier alpha value is -1.11. The summed E-state index contributed by atoms with van der Waals surface area (Å²) in [5.74, 6) is 0.735. The van der Waals surface area contributed by atoms with Crippen LogP contribution in [0.15, 0.2) is 24.3 Å². The summed E-state index contributed by atoms with van der Waals surface area (Å²) in [6.07, 6.45) is 3.06. The van der Waals surface area contributed by atoms with Crippen molar-refractivity contribution in [1.29, 1.82) is 0 Å². The average Bonchev–Trinajstić information content (AvgIpc) is 3.04. The van der Waals surface area contributed by atoms with Crippen LogP contribution in [0.25, 0.3) is 0 Å². The molecular weight excluding hydrogens is 314 g/mol. The minimum absolute atomic E-state index is 0.171. The zero-order valence-electron chi connectivity index (χ0n) is 14.2. The Morgan fingerprint density at radius 3 is 2.57 bits per heavy atom. The molecule has 0 aromatic heterocycles. The van der Waals surface area contributed by atoms with Gasteiger partial charge in [-0.1, -0.05) is 19.1 Å². The van der Waals surface area contributed by atoms with Gasteiger partial charge in [-0.25, -0.2) is 13.1 Å². The molecule has 1 aliphatic rings. The van der Waals surface area contributed by atoms with Gasteiger partial charge in [0.05, 0.1) is 6.10 Å². The lowest BCUT2D eigenvalue weighted by Gasteiger charge is -2.26. The number of sulfonamides is 1. The Bertz CT molecular complexity index is 590. The highest BCUT2D eigenvalue weighted by Crippen LogP contribution is 2.30. The molecule has 0 radical (unpaired) electrons. The van der Waals surface area contributed by atoms with Gasteiger partial charge in [0.25, 0.3) is 0 Å². The van der Waals surface area contributed by atoms with Crippen molar-refractivity contribution in [2.75, 3.05) is 19.8 Å². The van der Waals surface area contributed by atoms with Gasteiger partial charge in [-0.3, -0.25) is 0 Å². The van der Waals surface area contributed by atoms with E-state index in [9.17, 15) is 8.42 Å². The molecule has 0 amide bonds. The Morgan fingerprint density at radius 1 is 1.30 bits per heavy atom. The van der Waals surface area contributed by atoms with E-state index in [-0.39, 0.29) is 6.10 Å². The fourth-order valence-electron chi connectivity index (χ4n) is 2.49. The molecule has 1 fully saturated rings. The number of benzene rings is 1. The number of ether oxygens (including phenoxy) is 2. The lowest BCUT2D eigenvalue weighted by molar-refractivity contribution is 0.0679. The molecule has 6 heteroatoms. The van der Waals surface area contributed by atoms with Crippen LogP contribution in [0, 0.1) is 0 Å². The zero-order valence-corrected chi connectivity index (χ0v) is 15.0. The maximum atomic E-state index is 12.4. The van der Waals surface area contributed by atoms with E-state index in [1.165, 1.54) is 0 Å². The summed E-state index contributed by atoms with van der Waals surface area (Å²) in [6.45, 7) is 7.17. The van der Waals surface area contributed by atoms with Crippen LogP contribution in [0.1, 0.15) is 45.6 Å². The van der Waals surface area contributed by atoms with E-state index in [4.69, 9.17) is 9.47 Å². The van der Waals surface area contributed by atoms with Crippen LogP contribution in [-0.2, 0) is 19.5 Å². The second kappa shape index (κ2) is 7.64. The third-order valence-electron chi connectivity index (χ3n) is 4.22. The van der Waals surface area contributed by atoms with E-state index >= 15 is 0 Å². The van der Waals surface area contributed by atoms with Crippen LogP contribution in [0.4, 0.5) is 0 Å². The van der Waals surface area contributed by atoms with Gasteiger partial charge in [0.1, 0.15) is 17.1 Å². The summed E-state index contributed by atoms with van der Waals surface area (Å²) >= 11 is 0. The molecule has 0 saturated carbocycles. The predicted molar refractivity (Wildman–Crippen MR) is 91.2 cm³/mol. The first-order valence-electron chi connectivity index (χ1n) is 8.21. The number of hydrogen-bond acceptors (Lipinski definition) is 4. The SMILES string of the molecule is CCCNS(=O)(=O)C(C)(C)c1ccc(OCC2CCCO2)cc1. The van der Waals surface area contributed by atoms with Crippen molar-refractivity contribution in [3.05, 3.63) is 29.8 Å². The van der Waals surface area contributed by atoms with Gasteiger partial charge >= 0.3 is 0 Å². The summed E-state index contributed by atoms with van der Waals surface area (Å²) in [6, 6.07) is 7.27. The molecule has 130 valence electrons. The van der Waals surface area contributed by atoms with E-state index in [2.05, 4.69) is 4.72 Å². The highest BCUT2D eigenvalue weighted by Gasteiger charge is 2.35. The summed E-state index contributed by atoms with van der Waals surface area (Å²) < 4.78 is 37.8. The van der Waals surface area contributed by atoms with Crippen molar-refractivity contribution in [3.63, 3.8) is 0 Å². The van der Waals surface area contributed by atoms with Gasteiger partial charge in [0.2, 0.25) is 10.0 Å². The van der Waals surface area contributed by atoms with Crippen molar-refractivity contribution >= 4 is 10.0 Å². The monoisotopic (exact) mass is 341 g/mol. The first-order valence-corrected chi connectivity index (χ1v) is 9.69. The van der Waals surface area contributed by atoms with Gasteiger partial charge in [0, 0.05) is 13.2 Å². The molecule has 1 N–H and O–H groups in total. The predicted octanol–water partition coefficient (Wildman–Crippen LogP) is 2.81. The van der Waals surface area contributed by atoms with Crippen molar-refractivity contribution in [3.8, 4) is 5.75 Å². The zero-order chi connectivity index (χ0) is 16.9. The molecule has 0 aliphatic carbocycles. The topological polar surface area (TPSA) is 64.6 Å². The van der Waals surface area contributed by atoms with Crippen LogP contribution >= 0.6 is 0 Å². The minimum Gasteiger partial charge on any atom is -0.491 e. The molecule has 0 bridgehead atoms. The van der Waals surface area contributed by atoms with Crippen LogP contribution in [0.3, 0.4) is 0 Å². The van der Waals surface area contributed by atoms with Gasteiger partial charge < -0.3 is 9.47 Å². The van der Waals surface area contributed by atoms with E-state index in [0.717, 1.165) is 37.2 Å². The highest BCUT2D eigenvalue weighted by atomic mass is 32.2. The third-order valence-corrected chi connectivity index (χ3v) is 6.39. The summed E-state index contributed by atoms with van der Waals surface area (Å²) in [5, 5.41) is 0. The van der Waals surface area contributed by atoms with Crippen LogP contribution < -0.4 is 9.46 Å². The molecular formula is C17H27NO4S. The van der Waals surface area contributed by atoms with E-state index in [0.29, 0.717) is 13.2 Å². The highest BCUT2D eigenvalue weighted by molar-refractivity contribution is 7.90. The summed E-state index contributed by atoms with van der Waals surface area (Å²) in [4.78, 5) is 0. The lowest BCUT2D eigenvalue weighted by Crippen LogP contribution is -2.39. The van der Waals surface area contributed by atoms with Gasteiger partial charge in [-0.2, -0.15) is 0 Å². The van der Waals surface area contributed by atoms with Gasteiger partial charge in [-0.05, 0) is 50.8 Å². The van der Waals surface area contributed by atoms with Crippen molar-refractivity contribution < 1.29 is 17.9 Å². The van der Waals surface area contributed by atoms with Crippen molar-refractivity contribution in [2.45, 2.75) is 50.9 Å². The maximum absolute atomic E-state index is 12.4. The summed E-state index contributed by atoms with van der Waals surface area (Å²) in [7, 11) is -3.42. The summed E-state index contributed by atoms with van der Waals surface area (Å²) in [5.41, 5.74) is 0.741. The largest absolute Gasteiger partial charge is 0.491 e. The van der Waals surface area contributed by atoms with E-state index < -0.39 is 14.8 Å². The molecule has 2 rings (SSSR count). The molecule has 5 nitrogen and oxygen atoms in total. The molecule has 1 aromatic carbocycles. The molecule has 1 heterocycles. The Kier molecular flexibility index (Phi) is 6.06. The van der Waals surface area contributed by atoms with E-state index in [1.54, 1.807) is 13.8 Å². The standard InChI is InChI=1S/C17H27NO4S/c1-4-11-18-23(19,20)17(2,3)14-7-9-15(10-8-14)22-13-16-6-5-12-21-16/h7-10,16,18H,4-6,11-13H2,1-3H3. The molecule has 1 saturated heterocycles. The molecule has 0 spiro atoms. The van der Waals surface area contributed by atoms with Crippen LogP contribution in [0.2, 0.25) is 0 Å². The fraction of sp³-hybridized carbons (Fsp3) is 0.647. The smallest absolute Gasteiger partial charge is 0.221 e. The molecule has 1 atom stereocenters. The van der Waals surface area contributed by atoms with Crippen LogP contribution in [0.5, 0.6) is 5.75 Å². The average molecular weight is 341 g/mol. The van der Waals surface area contributed by atoms with Crippen molar-refractivity contribution in [1.82, 2.24) is 4.72 Å². The van der Waals surface area contributed by atoms with Gasteiger partial charge in [-0.15, -0.1) is 0 Å². The number of rotatable bonds is 8. The first kappa shape index (κ1) is 18.2. The molecule has 1 unspecified atom stereocenters. The van der Waals surface area contributed by atoms with Gasteiger partial charge in [0.15, 0.2) is 0 Å². The Labute approximate surface area is 139 Å². The van der Waals surface area contributed by atoms with E-state index in [1.807, 2.05) is 31.2 Å². The fourth-order valence-corrected chi connectivity index (χ4v) is 3.77.